The van der Waals surface area contributed by atoms with Gasteiger partial charge in [0.25, 0.3) is 0 Å². The van der Waals surface area contributed by atoms with Crippen LogP contribution in [0.3, 0.4) is 0 Å². The molecule has 0 radical (unpaired) electrons. The first kappa shape index (κ1) is 18.0. The highest BCUT2D eigenvalue weighted by Crippen LogP contribution is 2.33. The van der Waals surface area contributed by atoms with Crippen LogP contribution in [-0.2, 0) is 4.74 Å². The van der Waals surface area contributed by atoms with Crippen LogP contribution in [0, 0.1) is 18.7 Å². The zero-order chi connectivity index (χ0) is 17.8. The number of anilines is 1. The quantitative estimate of drug-likeness (QED) is 0.561. The van der Waals surface area contributed by atoms with Crippen molar-refractivity contribution in [1.29, 1.82) is 0 Å². The summed E-state index contributed by atoms with van der Waals surface area (Å²) in [5.74, 6) is 0.114. The molecule has 134 valence electrons. The Morgan fingerprint density at radius 1 is 1.52 bits per heavy atom. The van der Waals surface area contributed by atoms with Crippen molar-refractivity contribution in [2.45, 2.75) is 19.8 Å². The summed E-state index contributed by atoms with van der Waals surface area (Å²) in [5, 5.41) is 5.64. The molecule has 6 nitrogen and oxygen atoms in total. The number of hydrogen-bond acceptors (Lipinski definition) is 5. The van der Waals surface area contributed by atoms with Gasteiger partial charge in [-0.1, -0.05) is 22.9 Å². The summed E-state index contributed by atoms with van der Waals surface area (Å²) in [5.41, 5.74) is 1.25. The summed E-state index contributed by atoms with van der Waals surface area (Å²) < 4.78 is 19.0. The van der Waals surface area contributed by atoms with Crippen LogP contribution < -0.4 is 10.6 Å². The molecule has 2 N–H and O–H groups in total. The lowest BCUT2D eigenvalue weighted by molar-refractivity contribution is 0.127. The molecular weight excluding hydrogens is 367 g/mol. The molecule has 0 unspecified atom stereocenters. The minimum atomic E-state index is -0.592. The fraction of sp³-hybridized carbons (Fsp3) is 0.438. The Morgan fingerprint density at radius 3 is 3.04 bits per heavy atom. The molecule has 2 aromatic heterocycles. The number of nitrogens with one attached hydrogen (secondary N) is 2. The molecule has 0 aliphatic heterocycles. The molecule has 3 rings (SSSR count). The zero-order valence-corrected chi connectivity index (χ0v) is 15.2. The number of thiazole rings is 1. The molecule has 0 saturated heterocycles. The molecule has 1 aliphatic carbocycles. The van der Waals surface area contributed by atoms with E-state index in [1.165, 1.54) is 36.4 Å². The fourth-order valence-corrected chi connectivity index (χ4v) is 3.22. The van der Waals surface area contributed by atoms with E-state index in [0.29, 0.717) is 35.5 Å². The summed E-state index contributed by atoms with van der Waals surface area (Å²) in [4.78, 5) is 20.7. The minimum Gasteiger partial charge on any atom is -0.379 e. The second kappa shape index (κ2) is 8.07. The number of aryl methyl sites for hydroxylation is 1. The molecule has 2 aromatic rings. The molecule has 0 aromatic carbocycles. The first-order chi connectivity index (χ1) is 12.0. The highest BCUT2D eigenvalue weighted by molar-refractivity contribution is 7.19. The van der Waals surface area contributed by atoms with E-state index in [4.69, 9.17) is 16.3 Å². The van der Waals surface area contributed by atoms with Crippen molar-refractivity contribution in [2.75, 3.05) is 25.1 Å². The second-order valence-corrected chi connectivity index (χ2v) is 7.19. The average molecular weight is 385 g/mol. The van der Waals surface area contributed by atoms with E-state index >= 15 is 0 Å². The Morgan fingerprint density at radius 2 is 2.32 bits per heavy atom. The topological polar surface area (TPSA) is 76.1 Å². The molecule has 1 saturated carbocycles. The van der Waals surface area contributed by atoms with Gasteiger partial charge in [-0.2, -0.15) is 0 Å². The van der Waals surface area contributed by atoms with Crippen LogP contribution in [0.1, 0.15) is 18.5 Å². The first-order valence-electron chi connectivity index (χ1n) is 7.94. The maximum absolute atomic E-state index is 13.6. The maximum atomic E-state index is 13.6. The number of hydrogen-bond donors (Lipinski definition) is 2. The fourth-order valence-electron chi connectivity index (χ4n) is 2.18. The Kier molecular flexibility index (Phi) is 5.82. The number of nitrogens with zero attached hydrogens (tertiary/aromatic N) is 2. The van der Waals surface area contributed by atoms with Gasteiger partial charge in [-0.3, -0.25) is 5.32 Å². The molecule has 9 heteroatoms. The number of carbonyl (C=O) groups is 1. The monoisotopic (exact) mass is 384 g/mol. The van der Waals surface area contributed by atoms with E-state index in [2.05, 4.69) is 20.6 Å². The number of pyridine rings is 1. The normalized spacial score (nSPS) is 13.7. The number of ether oxygens (including phenoxy) is 1. The molecule has 2 heterocycles. The summed E-state index contributed by atoms with van der Waals surface area (Å²) in [6.07, 6.45) is 3.96. The third-order valence-electron chi connectivity index (χ3n) is 3.66. The summed E-state index contributed by atoms with van der Waals surface area (Å²) in [6, 6.07) is 0.951. The molecule has 0 atom stereocenters. The van der Waals surface area contributed by atoms with Crippen molar-refractivity contribution in [2.24, 2.45) is 5.92 Å². The number of amides is 2. The number of carbonyl (C=O) groups excluding carboxylic acids is 1. The minimum absolute atomic E-state index is 0.174. The Bertz CT molecular complexity index is 767. The Balaban J connectivity index is 1.52. The predicted molar refractivity (Wildman–Crippen MR) is 95.6 cm³/mol. The molecule has 0 spiro atoms. The van der Waals surface area contributed by atoms with E-state index in [-0.39, 0.29) is 11.2 Å². The highest BCUT2D eigenvalue weighted by atomic mass is 35.5. The lowest BCUT2D eigenvalue weighted by atomic mass is 10.2. The van der Waals surface area contributed by atoms with Gasteiger partial charge in [-0.25, -0.2) is 19.2 Å². The highest BCUT2D eigenvalue weighted by Gasteiger charge is 2.21. The van der Waals surface area contributed by atoms with E-state index in [9.17, 15) is 9.18 Å². The van der Waals surface area contributed by atoms with Crippen molar-refractivity contribution >= 4 is 34.1 Å². The molecule has 1 aliphatic rings. The van der Waals surface area contributed by atoms with E-state index in [0.717, 1.165) is 11.5 Å². The van der Waals surface area contributed by atoms with Crippen LogP contribution in [0.4, 0.5) is 14.3 Å². The third-order valence-corrected chi connectivity index (χ3v) is 5.06. The van der Waals surface area contributed by atoms with E-state index in [1.807, 2.05) is 0 Å². The zero-order valence-electron chi connectivity index (χ0n) is 13.6. The van der Waals surface area contributed by atoms with Crippen LogP contribution in [0.25, 0.3) is 10.4 Å². The smallest absolute Gasteiger partial charge is 0.321 e. The van der Waals surface area contributed by atoms with Crippen molar-refractivity contribution in [3.8, 4) is 10.4 Å². The van der Waals surface area contributed by atoms with Crippen molar-refractivity contribution < 1.29 is 13.9 Å². The van der Waals surface area contributed by atoms with Gasteiger partial charge in [-0.05, 0) is 31.7 Å². The second-order valence-electron chi connectivity index (χ2n) is 5.83. The van der Waals surface area contributed by atoms with Crippen LogP contribution in [0.2, 0.25) is 5.15 Å². The number of halogens is 2. The van der Waals surface area contributed by atoms with Gasteiger partial charge < -0.3 is 10.1 Å². The van der Waals surface area contributed by atoms with Crippen LogP contribution in [-0.4, -0.2) is 35.8 Å². The maximum Gasteiger partial charge on any atom is 0.321 e. The number of rotatable bonds is 7. The molecular formula is C16H18ClFN4O2S. The lowest BCUT2D eigenvalue weighted by Crippen LogP contribution is -2.31. The number of urea groups is 1. The van der Waals surface area contributed by atoms with Gasteiger partial charge in [0.05, 0.1) is 17.2 Å². The molecule has 25 heavy (non-hydrogen) atoms. The summed E-state index contributed by atoms with van der Waals surface area (Å²) in [7, 11) is 0. The standard InChI is InChI=1S/C16H18ClFN4O2S/c1-9-13(11-6-12(18)14(17)20-7-11)25-16(21-9)22-15(23)19-4-5-24-8-10-2-3-10/h6-7,10H,2-5,8H2,1H3,(H2,19,21,22,23). The van der Waals surface area contributed by atoms with Crippen LogP contribution in [0.15, 0.2) is 12.3 Å². The van der Waals surface area contributed by atoms with E-state index in [1.54, 1.807) is 6.92 Å². The summed E-state index contributed by atoms with van der Waals surface area (Å²) >= 11 is 6.85. The van der Waals surface area contributed by atoms with Crippen molar-refractivity contribution in [1.82, 2.24) is 15.3 Å². The molecule has 2 amide bonds. The average Bonchev–Trinajstić information content (AvgIpc) is 3.32. The number of aromatic nitrogens is 2. The Hall–Kier alpha value is -1.77. The van der Waals surface area contributed by atoms with Gasteiger partial charge in [0, 0.05) is 24.9 Å². The largest absolute Gasteiger partial charge is 0.379 e. The van der Waals surface area contributed by atoms with Gasteiger partial charge in [0.1, 0.15) is 0 Å². The van der Waals surface area contributed by atoms with Crippen LogP contribution >= 0.6 is 22.9 Å². The SMILES string of the molecule is Cc1nc(NC(=O)NCCOCC2CC2)sc1-c1cnc(Cl)c(F)c1. The van der Waals surface area contributed by atoms with E-state index < -0.39 is 5.82 Å². The third kappa shape index (κ3) is 5.10. The van der Waals surface area contributed by atoms with Crippen molar-refractivity contribution in [3.05, 3.63) is 28.9 Å². The van der Waals surface area contributed by atoms with Crippen molar-refractivity contribution in [3.63, 3.8) is 0 Å². The van der Waals surface area contributed by atoms with Gasteiger partial charge >= 0.3 is 6.03 Å². The molecule has 0 bridgehead atoms. The van der Waals surface area contributed by atoms with Crippen LogP contribution in [0.5, 0.6) is 0 Å². The first-order valence-corrected chi connectivity index (χ1v) is 9.14. The van der Waals surface area contributed by atoms with Gasteiger partial charge in [-0.15, -0.1) is 0 Å². The lowest BCUT2D eigenvalue weighted by Gasteiger charge is -2.06. The predicted octanol–water partition coefficient (Wildman–Crippen LogP) is 3.85. The summed E-state index contributed by atoms with van der Waals surface area (Å²) in [6.45, 7) is 3.47. The van der Waals surface area contributed by atoms with Gasteiger partial charge in [0.15, 0.2) is 16.1 Å². The Labute approximate surface area is 153 Å². The molecule has 1 fully saturated rings. The van der Waals surface area contributed by atoms with Gasteiger partial charge in [0.2, 0.25) is 0 Å².